The van der Waals surface area contributed by atoms with Gasteiger partial charge in [-0.05, 0) is 74.7 Å². The molecule has 34 heavy (non-hydrogen) atoms. The van der Waals surface area contributed by atoms with Crippen LogP contribution < -0.4 is 4.74 Å². The number of pyridine rings is 1. The maximum absolute atomic E-state index is 10.8. The van der Waals surface area contributed by atoms with E-state index in [0.717, 1.165) is 45.2 Å². The number of carbonyl (C=O) groups is 1. The minimum atomic E-state index is -0.792. The molecule has 0 fully saturated rings. The molecule has 2 aromatic carbocycles. The number of hydrogen-bond donors (Lipinski definition) is 1. The van der Waals surface area contributed by atoms with Gasteiger partial charge < -0.3 is 14.3 Å². The normalized spacial score (nSPS) is 11.9. The molecule has 0 aliphatic rings. The summed E-state index contributed by atoms with van der Waals surface area (Å²) in [5.41, 5.74) is 5.79. The van der Waals surface area contributed by atoms with Gasteiger partial charge in [0.1, 0.15) is 17.6 Å². The van der Waals surface area contributed by atoms with Crippen molar-refractivity contribution in [3.63, 3.8) is 0 Å². The molecule has 1 N–H and O–H groups in total. The highest BCUT2D eigenvalue weighted by Crippen LogP contribution is 2.26. The molecule has 0 aliphatic heterocycles. The summed E-state index contributed by atoms with van der Waals surface area (Å²) in [5, 5.41) is 8.89. The van der Waals surface area contributed by atoms with Crippen LogP contribution in [-0.4, -0.2) is 27.1 Å². The Hall–Kier alpha value is -3.93. The number of oxazole rings is 1. The molecular weight excluding hydrogens is 428 g/mol. The Morgan fingerprint density at radius 1 is 1.06 bits per heavy atom. The second kappa shape index (κ2) is 10.3. The molecule has 0 aliphatic carbocycles. The predicted molar refractivity (Wildman–Crippen MR) is 131 cm³/mol. The van der Waals surface area contributed by atoms with E-state index in [1.165, 1.54) is 0 Å². The Kier molecular flexibility index (Phi) is 7.07. The van der Waals surface area contributed by atoms with Crippen molar-refractivity contribution in [3.05, 3.63) is 89.4 Å². The molecule has 1 atom stereocenters. The van der Waals surface area contributed by atoms with Gasteiger partial charge in [0.05, 0.1) is 11.4 Å². The summed E-state index contributed by atoms with van der Waals surface area (Å²) >= 11 is 0. The molecule has 2 aromatic heterocycles. The van der Waals surface area contributed by atoms with Crippen LogP contribution in [0.4, 0.5) is 0 Å². The van der Waals surface area contributed by atoms with Crippen molar-refractivity contribution in [2.24, 2.45) is 0 Å². The first-order valence-corrected chi connectivity index (χ1v) is 11.3. The molecule has 174 valence electrons. The van der Waals surface area contributed by atoms with E-state index in [2.05, 4.69) is 4.98 Å². The molecule has 0 saturated heterocycles. The van der Waals surface area contributed by atoms with E-state index in [9.17, 15) is 4.79 Å². The average molecular weight is 457 g/mol. The first-order valence-electron chi connectivity index (χ1n) is 11.3. The van der Waals surface area contributed by atoms with Gasteiger partial charge >= 0.3 is 5.97 Å². The molecule has 0 saturated carbocycles. The summed E-state index contributed by atoms with van der Waals surface area (Å²) in [5.74, 6) is 1.33. The van der Waals surface area contributed by atoms with Gasteiger partial charge in [-0.2, -0.15) is 0 Å². The summed E-state index contributed by atoms with van der Waals surface area (Å²) < 4.78 is 12.1. The minimum Gasteiger partial charge on any atom is -0.490 e. The fourth-order valence-electron chi connectivity index (χ4n) is 3.87. The number of aryl methyl sites for hydroxylation is 3. The lowest BCUT2D eigenvalue weighted by atomic mass is 10.0. The monoisotopic (exact) mass is 456 g/mol. The standard InChI is InChI=1S/C28H28N2O4/c1-18-16-24(13-11-21(18)12-14-27(31)32)33-19(2)17-26-20(3)34-28(30-26)23-9-7-22(8-10-23)25-6-4-5-15-29-25/h4-11,13,15-16,19H,12,14,17H2,1-3H3,(H,31,32). The average Bonchev–Trinajstić information content (AvgIpc) is 3.19. The van der Waals surface area contributed by atoms with Crippen molar-refractivity contribution in [1.82, 2.24) is 9.97 Å². The highest BCUT2D eigenvalue weighted by atomic mass is 16.5. The number of carboxylic acids is 1. The van der Waals surface area contributed by atoms with E-state index in [-0.39, 0.29) is 12.5 Å². The van der Waals surface area contributed by atoms with E-state index in [1.54, 1.807) is 6.20 Å². The Morgan fingerprint density at radius 2 is 1.82 bits per heavy atom. The SMILES string of the molecule is Cc1cc(OC(C)Cc2nc(-c3ccc(-c4ccccn4)cc3)oc2C)ccc1CCC(=O)O. The molecule has 4 rings (SSSR count). The minimum absolute atomic E-state index is 0.104. The Balaban J connectivity index is 1.41. The van der Waals surface area contributed by atoms with Crippen LogP contribution >= 0.6 is 0 Å². The summed E-state index contributed by atoms with van der Waals surface area (Å²) in [6.45, 7) is 5.90. The number of hydrogen-bond acceptors (Lipinski definition) is 5. The highest BCUT2D eigenvalue weighted by Gasteiger charge is 2.16. The van der Waals surface area contributed by atoms with Crippen LogP contribution in [0.25, 0.3) is 22.7 Å². The largest absolute Gasteiger partial charge is 0.490 e. The summed E-state index contributed by atoms with van der Waals surface area (Å²) in [4.78, 5) is 19.9. The molecule has 1 unspecified atom stereocenters. The van der Waals surface area contributed by atoms with Crippen LogP contribution in [0.3, 0.4) is 0 Å². The van der Waals surface area contributed by atoms with Gasteiger partial charge in [-0.1, -0.05) is 24.3 Å². The molecule has 0 amide bonds. The van der Waals surface area contributed by atoms with Crippen LogP contribution in [0.2, 0.25) is 0 Å². The summed E-state index contributed by atoms with van der Waals surface area (Å²) in [6.07, 6.45) is 2.93. The van der Waals surface area contributed by atoms with Crippen molar-refractivity contribution in [2.75, 3.05) is 0 Å². The fraction of sp³-hybridized carbons (Fsp3) is 0.250. The van der Waals surface area contributed by atoms with Crippen molar-refractivity contribution < 1.29 is 19.1 Å². The first kappa shape index (κ1) is 23.2. The quantitative estimate of drug-likeness (QED) is 0.330. The molecule has 6 nitrogen and oxygen atoms in total. The number of aliphatic carboxylic acids is 1. The zero-order valence-electron chi connectivity index (χ0n) is 19.6. The second-order valence-electron chi connectivity index (χ2n) is 8.43. The molecule has 4 aromatic rings. The first-order chi connectivity index (χ1) is 16.4. The number of rotatable bonds is 9. The summed E-state index contributed by atoms with van der Waals surface area (Å²) in [7, 11) is 0. The van der Waals surface area contributed by atoms with Crippen molar-refractivity contribution >= 4 is 5.97 Å². The van der Waals surface area contributed by atoms with Gasteiger partial charge in [-0.15, -0.1) is 0 Å². The molecule has 0 spiro atoms. The third kappa shape index (κ3) is 5.70. The molecule has 6 heteroatoms. The Labute approximate surface area is 199 Å². The zero-order chi connectivity index (χ0) is 24.1. The highest BCUT2D eigenvalue weighted by molar-refractivity contribution is 5.67. The lowest BCUT2D eigenvalue weighted by Crippen LogP contribution is -2.16. The number of nitrogens with zero attached hydrogens (tertiary/aromatic N) is 2. The molecular formula is C28H28N2O4. The van der Waals surface area contributed by atoms with Gasteiger partial charge in [0.25, 0.3) is 0 Å². The van der Waals surface area contributed by atoms with Crippen LogP contribution in [0.5, 0.6) is 5.75 Å². The Morgan fingerprint density at radius 3 is 2.50 bits per heavy atom. The molecule has 2 heterocycles. The van der Waals surface area contributed by atoms with Gasteiger partial charge in [0.15, 0.2) is 0 Å². The maximum atomic E-state index is 10.8. The van der Waals surface area contributed by atoms with E-state index in [0.29, 0.717) is 18.7 Å². The van der Waals surface area contributed by atoms with E-state index in [4.69, 9.17) is 19.2 Å². The van der Waals surface area contributed by atoms with Crippen LogP contribution in [0.1, 0.15) is 35.9 Å². The third-order valence-corrected chi connectivity index (χ3v) is 5.73. The fourth-order valence-corrected chi connectivity index (χ4v) is 3.87. The van der Waals surface area contributed by atoms with Gasteiger partial charge in [-0.25, -0.2) is 4.98 Å². The lowest BCUT2D eigenvalue weighted by molar-refractivity contribution is -0.136. The predicted octanol–water partition coefficient (Wildman–Crippen LogP) is 6.05. The Bertz CT molecular complexity index is 1260. The van der Waals surface area contributed by atoms with E-state index < -0.39 is 5.97 Å². The van der Waals surface area contributed by atoms with Crippen LogP contribution in [0.15, 0.2) is 71.3 Å². The van der Waals surface area contributed by atoms with E-state index in [1.807, 2.05) is 81.4 Å². The topological polar surface area (TPSA) is 85.5 Å². The smallest absolute Gasteiger partial charge is 0.303 e. The summed E-state index contributed by atoms with van der Waals surface area (Å²) in [6, 6.07) is 19.7. The number of aromatic nitrogens is 2. The zero-order valence-corrected chi connectivity index (χ0v) is 19.6. The lowest BCUT2D eigenvalue weighted by Gasteiger charge is -2.15. The van der Waals surface area contributed by atoms with E-state index >= 15 is 0 Å². The number of benzene rings is 2. The number of carboxylic acid groups (broad SMARTS) is 1. The second-order valence-corrected chi connectivity index (χ2v) is 8.43. The molecule has 0 radical (unpaired) electrons. The van der Waals surface area contributed by atoms with Crippen LogP contribution in [-0.2, 0) is 17.6 Å². The van der Waals surface area contributed by atoms with Gasteiger partial charge in [0, 0.05) is 30.2 Å². The van der Waals surface area contributed by atoms with Crippen molar-refractivity contribution in [2.45, 2.75) is 46.1 Å². The molecule has 0 bridgehead atoms. The maximum Gasteiger partial charge on any atom is 0.303 e. The van der Waals surface area contributed by atoms with Crippen molar-refractivity contribution in [1.29, 1.82) is 0 Å². The van der Waals surface area contributed by atoms with Gasteiger partial charge in [-0.3, -0.25) is 9.78 Å². The third-order valence-electron chi connectivity index (χ3n) is 5.73. The van der Waals surface area contributed by atoms with Gasteiger partial charge in [0.2, 0.25) is 5.89 Å². The van der Waals surface area contributed by atoms with Crippen LogP contribution in [0, 0.1) is 13.8 Å². The van der Waals surface area contributed by atoms with Crippen molar-refractivity contribution in [3.8, 4) is 28.5 Å². The number of ether oxygens (including phenoxy) is 1.